The summed E-state index contributed by atoms with van der Waals surface area (Å²) in [4.78, 5) is 26.1. The Hall–Kier alpha value is -3.16. The number of ether oxygens (including phenoxy) is 2. The second kappa shape index (κ2) is 9.68. The van der Waals surface area contributed by atoms with Gasteiger partial charge in [0.2, 0.25) is 5.91 Å². The first kappa shape index (κ1) is 21.1. The minimum absolute atomic E-state index is 0.000810. The molecule has 6 nitrogen and oxygen atoms in total. The fraction of sp³-hybridized carbons (Fsp3) is 0.300. The highest BCUT2D eigenvalue weighted by Gasteiger charge is 2.24. The van der Waals surface area contributed by atoms with E-state index in [0.29, 0.717) is 5.69 Å². The van der Waals surface area contributed by atoms with E-state index in [9.17, 15) is 18.4 Å². The first-order valence-corrected chi connectivity index (χ1v) is 8.62. The lowest BCUT2D eigenvalue weighted by Gasteiger charge is -2.20. The van der Waals surface area contributed by atoms with Crippen molar-refractivity contribution in [2.75, 3.05) is 26.0 Å². The molecule has 2 amide bonds. The molecule has 1 N–H and O–H groups in total. The van der Waals surface area contributed by atoms with E-state index in [0.717, 1.165) is 16.9 Å². The summed E-state index contributed by atoms with van der Waals surface area (Å²) in [6.07, 6.45) is 0.739. The van der Waals surface area contributed by atoms with E-state index in [1.165, 1.54) is 32.4 Å². The van der Waals surface area contributed by atoms with Gasteiger partial charge in [0, 0.05) is 12.7 Å². The van der Waals surface area contributed by atoms with Gasteiger partial charge in [0.25, 0.3) is 5.91 Å². The first-order chi connectivity index (χ1) is 13.4. The maximum atomic E-state index is 12.7. The van der Waals surface area contributed by atoms with E-state index in [2.05, 4.69) is 10.1 Å². The van der Waals surface area contributed by atoms with Crippen LogP contribution in [0.1, 0.15) is 22.8 Å². The van der Waals surface area contributed by atoms with Crippen LogP contribution in [-0.2, 0) is 11.2 Å². The van der Waals surface area contributed by atoms with Crippen LogP contribution in [-0.4, -0.2) is 44.0 Å². The van der Waals surface area contributed by atoms with Gasteiger partial charge < -0.3 is 19.7 Å². The molecule has 0 atom stereocenters. The van der Waals surface area contributed by atoms with Gasteiger partial charge in [-0.2, -0.15) is 8.78 Å². The SMILES string of the molecule is CCc1ccccc1NC(=O)CN(C)C(=O)c1cccc(OC)c1OC(F)F. The van der Waals surface area contributed by atoms with Crippen LogP contribution in [0.5, 0.6) is 11.5 Å². The predicted octanol–water partition coefficient (Wildman–Crippen LogP) is 3.57. The molecule has 0 radical (unpaired) electrons. The Morgan fingerprint density at radius 2 is 1.86 bits per heavy atom. The van der Waals surface area contributed by atoms with Gasteiger partial charge in [-0.1, -0.05) is 31.2 Å². The number of nitrogens with one attached hydrogen (secondary N) is 1. The molecule has 0 unspecified atom stereocenters. The van der Waals surface area contributed by atoms with Crippen LogP contribution >= 0.6 is 0 Å². The normalized spacial score (nSPS) is 10.5. The van der Waals surface area contributed by atoms with Crippen molar-refractivity contribution < 1.29 is 27.8 Å². The van der Waals surface area contributed by atoms with Gasteiger partial charge in [0.05, 0.1) is 19.2 Å². The molecule has 0 spiro atoms. The summed E-state index contributed by atoms with van der Waals surface area (Å²) in [5, 5.41) is 2.76. The third-order valence-electron chi connectivity index (χ3n) is 4.04. The van der Waals surface area contributed by atoms with E-state index in [-0.39, 0.29) is 23.6 Å². The molecule has 0 saturated carbocycles. The number of aryl methyl sites for hydroxylation is 1. The molecule has 0 heterocycles. The molecule has 28 heavy (non-hydrogen) atoms. The van der Waals surface area contributed by atoms with Crippen molar-refractivity contribution in [2.24, 2.45) is 0 Å². The van der Waals surface area contributed by atoms with Crippen LogP contribution < -0.4 is 14.8 Å². The zero-order valence-electron chi connectivity index (χ0n) is 15.9. The Bertz CT molecular complexity index is 843. The van der Waals surface area contributed by atoms with Gasteiger partial charge >= 0.3 is 6.61 Å². The molecule has 0 aliphatic rings. The molecule has 0 aliphatic heterocycles. The molecule has 0 aliphatic carbocycles. The van der Waals surface area contributed by atoms with Gasteiger partial charge in [-0.15, -0.1) is 0 Å². The van der Waals surface area contributed by atoms with Crippen molar-refractivity contribution in [2.45, 2.75) is 20.0 Å². The van der Waals surface area contributed by atoms with Gasteiger partial charge in [-0.25, -0.2) is 0 Å². The Balaban J connectivity index is 2.15. The Labute approximate surface area is 162 Å². The molecule has 0 bridgehead atoms. The second-order valence-corrected chi connectivity index (χ2v) is 5.94. The summed E-state index contributed by atoms with van der Waals surface area (Å²) in [5.41, 5.74) is 1.51. The summed E-state index contributed by atoms with van der Waals surface area (Å²) in [5.74, 6) is -1.42. The largest absolute Gasteiger partial charge is 0.493 e. The molecular weight excluding hydrogens is 370 g/mol. The standard InChI is InChI=1S/C20H22F2N2O4/c1-4-13-8-5-6-10-15(13)23-17(25)12-24(2)19(26)14-9-7-11-16(27-3)18(14)28-20(21)22/h5-11,20H,4,12H2,1-3H3,(H,23,25). The predicted molar refractivity (Wildman–Crippen MR) is 101 cm³/mol. The van der Waals surface area contributed by atoms with Gasteiger partial charge in [0.1, 0.15) is 0 Å². The summed E-state index contributed by atoms with van der Waals surface area (Å²) in [7, 11) is 2.68. The van der Waals surface area contributed by atoms with Crippen molar-refractivity contribution in [3.05, 3.63) is 53.6 Å². The number of anilines is 1. The zero-order valence-corrected chi connectivity index (χ0v) is 15.9. The third-order valence-corrected chi connectivity index (χ3v) is 4.04. The molecule has 2 aromatic carbocycles. The molecule has 2 aromatic rings. The highest BCUT2D eigenvalue weighted by molar-refractivity contribution is 6.01. The number of rotatable bonds is 8. The van der Waals surface area contributed by atoms with Crippen LogP contribution in [0, 0.1) is 0 Å². The summed E-state index contributed by atoms with van der Waals surface area (Å²) in [6, 6.07) is 11.6. The number of nitrogens with zero attached hydrogens (tertiary/aromatic N) is 1. The number of likely N-dealkylation sites (N-methyl/N-ethyl adjacent to an activating group) is 1. The van der Waals surface area contributed by atoms with Crippen molar-refractivity contribution in [3.8, 4) is 11.5 Å². The highest BCUT2D eigenvalue weighted by Crippen LogP contribution is 2.33. The van der Waals surface area contributed by atoms with E-state index in [4.69, 9.17) is 4.74 Å². The van der Waals surface area contributed by atoms with E-state index in [1.807, 2.05) is 19.1 Å². The van der Waals surface area contributed by atoms with E-state index in [1.54, 1.807) is 12.1 Å². The number of alkyl halides is 2. The zero-order chi connectivity index (χ0) is 20.7. The molecular formula is C20H22F2N2O4. The van der Waals surface area contributed by atoms with Crippen LogP contribution in [0.3, 0.4) is 0 Å². The first-order valence-electron chi connectivity index (χ1n) is 8.62. The van der Waals surface area contributed by atoms with Crippen LogP contribution in [0.15, 0.2) is 42.5 Å². The summed E-state index contributed by atoms with van der Waals surface area (Å²) >= 11 is 0. The quantitative estimate of drug-likeness (QED) is 0.746. The smallest absolute Gasteiger partial charge is 0.387 e. The molecule has 2 rings (SSSR count). The maximum Gasteiger partial charge on any atom is 0.387 e. The van der Waals surface area contributed by atoms with Gasteiger partial charge in [0.15, 0.2) is 11.5 Å². The minimum atomic E-state index is -3.12. The number of hydrogen-bond donors (Lipinski definition) is 1. The number of methoxy groups -OCH3 is 1. The Morgan fingerprint density at radius 1 is 1.14 bits per heavy atom. The van der Waals surface area contributed by atoms with Gasteiger partial charge in [-0.05, 0) is 30.2 Å². The van der Waals surface area contributed by atoms with Crippen molar-refractivity contribution in [1.29, 1.82) is 0 Å². The molecule has 150 valence electrons. The van der Waals surface area contributed by atoms with Gasteiger partial charge in [-0.3, -0.25) is 9.59 Å². The van der Waals surface area contributed by atoms with Crippen molar-refractivity contribution in [1.82, 2.24) is 4.90 Å². The molecule has 8 heteroatoms. The topological polar surface area (TPSA) is 67.9 Å². The lowest BCUT2D eigenvalue weighted by atomic mass is 10.1. The Morgan fingerprint density at radius 3 is 2.50 bits per heavy atom. The number of halogens is 2. The van der Waals surface area contributed by atoms with Crippen LogP contribution in [0.4, 0.5) is 14.5 Å². The van der Waals surface area contributed by atoms with Crippen LogP contribution in [0.2, 0.25) is 0 Å². The summed E-state index contributed by atoms with van der Waals surface area (Å²) < 4.78 is 34.9. The highest BCUT2D eigenvalue weighted by atomic mass is 19.3. The average molecular weight is 392 g/mol. The van der Waals surface area contributed by atoms with E-state index >= 15 is 0 Å². The average Bonchev–Trinajstić information content (AvgIpc) is 2.67. The van der Waals surface area contributed by atoms with Crippen LogP contribution in [0.25, 0.3) is 0 Å². The third kappa shape index (κ3) is 5.18. The molecule has 0 aromatic heterocycles. The number of amides is 2. The lowest BCUT2D eigenvalue weighted by Crippen LogP contribution is -2.35. The monoisotopic (exact) mass is 392 g/mol. The summed E-state index contributed by atoms with van der Waals surface area (Å²) in [6.45, 7) is -1.42. The maximum absolute atomic E-state index is 12.7. The molecule has 0 saturated heterocycles. The van der Waals surface area contributed by atoms with E-state index < -0.39 is 18.4 Å². The number of carbonyl (C=O) groups is 2. The van der Waals surface area contributed by atoms with Crippen molar-refractivity contribution in [3.63, 3.8) is 0 Å². The fourth-order valence-corrected chi connectivity index (χ4v) is 2.69. The second-order valence-electron chi connectivity index (χ2n) is 5.94. The number of benzene rings is 2. The van der Waals surface area contributed by atoms with Crippen molar-refractivity contribution >= 4 is 17.5 Å². The number of hydrogen-bond acceptors (Lipinski definition) is 4. The lowest BCUT2D eigenvalue weighted by molar-refractivity contribution is -0.116. The molecule has 0 fully saturated rings. The number of carbonyl (C=O) groups excluding carboxylic acids is 2. The number of para-hydroxylation sites is 2. The Kier molecular flexibility index (Phi) is 7.31. The fourth-order valence-electron chi connectivity index (χ4n) is 2.69. The minimum Gasteiger partial charge on any atom is -0.493 e.